The highest BCUT2D eigenvalue weighted by atomic mass is 16.3. The predicted octanol–water partition coefficient (Wildman–Crippen LogP) is 12.0. The number of nitrogens with zero attached hydrogens (tertiary/aromatic N) is 1. The molecule has 0 unspecified atom stereocenters. The lowest BCUT2D eigenvalue weighted by molar-refractivity contribution is 0.668. The Morgan fingerprint density at radius 1 is 0.362 bits per heavy atom. The van der Waals surface area contributed by atoms with Gasteiger partial charge in [-0.05, 0) is 105 Å². The third-order valence-electron chi connectivity index (χ3n) is 9.77. The van der Waals surface area contributed by atoms with Gasteiger partial charge in [-0.1, -0.05) is 91.0 Å². The van der Waals surface area contributed by atoms with Gasteiger partial charge in [0.15, 0.2) is 0 Å². The minimum atomic E-state index is 0.815. The normalized spacial score (nSPS) is 12.9. The third kappa shape index (κ3) is 4.28. The molecule has 0 amide bonds. The van der Waals surface area contributed by atoms with Crippen molar-refractivity contribution in [2.75, 3.05) is 4.90 Å². The molecule has 0 atom stereocenters. The second kappa shape index (κ2) is 10.2. The maximum absolute atomic E-state index is 6.25. The summed E-state index contributed by atoms with van der Waals surface area (Å²) in [6, 6.07) is 54.3. The standard InChI is InChI=1S/C44H29NO2/c1-2-8-34(9-3-1)45-26-32-15-14-29(31-18-21-39-37-11-5-7-13-42(37)47-44(39)25-31)23-40(32)35-19-16-28(22-33(35)27-45)30-17-20-38-36-10-4-6-12-41(36)46-43(38)24-30/h1-25H,26-27H2. The largest absolute Gasteiger partial charge is 0.456 e. The van der Waals surface area contributed by atoms with E-state index >= 15 is 0 Å². The molecule has 3 heterocycles. The zero-order valence-electron chi connectivity index (χ0n) is 25.6. The molecule has 0 bridgehead atoms. The van der Waals surface area contributed by atoms with Crippen molar-refractivity contribution in [1.29, 1.82) is 0 Å². The Bertz CT molecular complexity index is 2640. The average Bonchev–Trinajstić information content (AvgIpc) is 3.64. The van der Waals surface area contributed by atoms with Gasteiger partial charge in [-0.2, -0.15) is 0 Å². The molecule has 0 saturated carbocycles. The van der Waals surface area contributed by atoms with Crippen molar-refractivity contribution in [1.82, 2.24) is 0 Å². The molecule has 0 aliphatic carbocycles. The number of anilines is 1. The lowest BCUT2D eigenvalue weighted by Crippen LogP contribution is -2.20. The highest BCUT2D eigenvalue weighted by molar-refractivity contribution is 6.07. The number of rotatable bonds is 3. The summed E-state index contributed by atoms with van der Waals surface area (Å²) in [6.07, 6.45) is 0. The summed E-state index contributed by atoms with van der Waals surface area (Å²) in [4.78, 5) is 2.48. The van der Waals surface area contributed by atoms with E-state index in [1.165, 1.54) is 39.1 Å². The summed E-state index contributed by atoms with van der Waals surface area (Å²) in [7, 11) is 0. The van der Waals surface area contributed by atoms with Crippen molar-refractivity contribution in [3.63, 3.8) is 0 Å². The van der Waals surface area contributed by atoms with Gasteiger partial charge in [-0.15, -0.1) is 0 Å². The average molecular weight is 604 g/mol. The summed E-state index contributed by atoms with van der Waals surface area (Å²) >= 11 is 0. The van der Waals surface area contributed by atoms with Crippen LogP contribution in [0.1, 0.15) is 11.1 Å². The van der Waals surface area contributed by atoms with E-state index in [9.17, 15) is 0 Å². The fourth-order valence-corrected chi connectivity index (χ4v) is 7.41. The van der Waals surface area contributed by atoms with Crippen LogP contribution >= 0.6 is 0 Å². The smallest absolute Gasteiger partial charge is 0.136 e. The molecule has 222 valence electrons. The van der Waals surface area contributed by atoms with Crippen molar-refractivity contribution in [3.05, 3.63) is 163 Å². The molecule has 9 aromatic rings. The van der Waals surface area contributed by atoms with Gasteiger partial charge in [0.25, 0.3) is 0 Å². The molecule has 7 aromatic carbocycles. The van der Waals surface area contributed by atoms with Crippen LogP contribution in [0.4, 0.5) is 5.69 Å². The number of hydrogen-bond donors (Lipinski definition) is 0. The Hall–Kier alpha value is -6.06. The van der Waals surface area contributed by atoms with Gasteiger partial charge in [0, 0.05) is 40.3 Å². The van der Waals surface area contributed by atoms with Gasteiger partial charge in [0.1, 0.15) is 22.3 Å². The summed E-state index contributed by atoms with van der Waals surface area (Å²) in [5.74, 6) is 0. The molecule has 1 aliphatic heterocycles. The second-order valence-corrected chi connectivity index (χ2v) is 12.6. The van der Waals surface area contributed by atoms with Gasteiger partial charge in [-0.25, -0.2) is 0 Å². The zero-order valence-corrected chi connectivity index (χ0v) is 25.6. The SMILES string of the molecule is c1ccc(N2Cc3cc(-c4ccc5c(c4)oc4ccccc45)ccc3-c3cc(-c4ccc5c(c4)oc4ccccc45)ccc3C2)cc1. The van der Waals surface area contributed by atoms with Crippen molar-refractivity contribution >= 4 is 49.6 Å². The Kier molecular flexibility index (Phi) is 5.70. The van der Waals surface area contributed by atoms with Crippen molar-refractivity contribution in [3.8, 4) is 33.4 Å². The number of furan rings is 2. The molecule has 2 aromatic heterocycles. The molecule has 47 heavy (non-hydrogen) atoms. The molecular formula is C44H29NO2. The number of fused-ring (bicyclic) bond motifs is 9. The van der Waals surface area contributed by atoms with E-state index in [1.807, 2.05) is 24.3 Å². The first-order valence-corrected chi connectivity index (χ1v) is 16.1. The van der Waals surface area contributed by atoms with Crippen LogP contribution in [0.15, 0.2) is 160 Å². The number of hydrogen-bond acceptors (Lipinski definition) is 3. The van der Waals surface area contributed by atoms with E-state index in [-0.39, 0.29) is 0 Å². The first-order valence-electron chi connectivity index (χ1n) is 16.1. The highest BCUT2D eigenvalue weighted by Crippen LogP contribution is 2.41. The first kappa shape index (κ1) is 26.2. The maximum atomic E-state index is 6.25. The van der Waals surface area contributed by atoms with Crippen LogP contribution in [0.5, 0.6) is 0 Å². The van der Waals surface area contributed by atoms with Crippen molar-refractivity contribution in [2.24, 2.45) is 0 Å². The fraction of sp³-hybridized carbons (Fsp3) is 0.0455. The van der Waals surface area contributed by atoms with Crippen LogP contribution in [0, 0.1) is 0 Å². The maximum Gasteiger partial charge on any atom is 0.136 e. The molecule has 0 fully saturated rings. The van der Waals surface area contributed by atoms with Gasteiger partial charge in [-0.3, -0.25) is 0 Å². The van der Waals surface area contributed by atoms with E-state index in [0.29, 0.717) is 0 Å². The summed E-state index contributed by atoms with van der Waals surface area (Å²) in [5.41, 5.74) is 14.8. The lowest BCUT2D eigenvalue weighted by Gasteiger charge is -2.24. The van der Waals surface area contributed by atoms with Crippen molar-refractivity contribution in [2.45, 2.75) is 13.1 Å². The van der Waals surface area contributed by atoms with Crippen LogP contribution in [-0.4, -0.2) is 0 Å². The molecular weight excluding hydrogens is 574 g/mol. The quantitative estimate of drug-likeness (QED) is 0.201. The minimum absolute atomic E-state index is 0.815. The Balaban J connectivity index is 1.11. The predicted molar refractivity (Wildman–Crippen MR) is 194 cm³/mol. The van der Waals surface area contributed by atoms with Crippen LogP contribution in [0.2, 0.25) is 0 Å². The van der Waals surface area contributed by atoms with Gasteiger partial charge in [0.05, 0.1) is 0 Å². The second-order valence-electron chi connectivity index (χ2n) is 12.6. The lowest BCUT2D eigenvalue weighted by atomic mass is 9.91. The summed E-state index contributed by atoms with van der Waals surface area (Å²) < 4.78 is 12.5. The Morgan fingerprint density at radius 2 is 0.872 bits per heavy atom. The van der Waals surface area contributed by atoms with Gasteiger partial charge in [0.2, 0.25) is 0 Å². The van der Waals surface area contributed by atoms with E-state index in [4.69, 9.17) is 8.83 Å². The summed E-state index contributed by atoms with van der Waals surface area (Å²) in [5, 5.41) is 4.61. The first-order chi connectivity index (χ1) is 23.2. The molecule has 1 aliphatic rings. The van der Waals surface area contributed by atoms with E-state index in [0.717, 1.165) is 68.1 Å². The molecule has 0 radical (unpaired) electrons. The van der Waals surface area contributed by atoms with Crippen LogP contribution < -0.4 is 4.90 Å². The molecule has 0 N–H and O–H groups in total. The monoisotopic (exact) mass is 603 g/mol. The van der Waals surface area contributed by atoms with Crippen LogP contribution in [0.25, 0.3) is 77.3 Å². The topological polar surface area (TPSA) is 29.5 Å². The number of benzene rings is 7. The summed E-state index contributed by atoms with van der Waals surface area (Å²) in [6.45, 7) is 1.65. The van der Waals surface area contributed by atoms with E-state index < -0.39 is 0 Å². The molecule has 3 heteroatoms. The molecule has 10 rings (SSSR count). The molecule has 0 spiro atoms. The Morgan fingerprint density at radius 3 is 1.55 bits per heavy atom. The highest BCUT2D eigenvalue weighted by Gasteiger charge is 2.22. The van der Waals surface area contributed by atoms with E-state index in [1.54, 1.807) is 0 Å². The van der Waals surface area contributed by atoms with Crippen molar-refractivity contribution < 1.29 is 8.83 Å². The van der Waals surface area contributed by atoms with E-state index in [2.05, 4.69) is 132 Å². The van der Waals surface area contributed by atoms with Crippen LogP contribution in [-0.2, 0) is 13.1 Å². The Labute approximate surface area is 271 Å². The minimum Gasteiger partial charge on any atom is -0.456 e. The zero-order chi connectivity index (χ0) is 30.9. The van der Waals surface area contributed by atoms with Gasteiger partial charge < -0.3 is 13.7 Å². The number of para-hydroxylation sites is 3. The third-order valence-corrected chi connectivity index (χ3v) is 9.77. The van der Waals surface area contributed by atoms with Crippen LogP contribution in [0.3, 0.4) is 0 Å². The fourth-order valence-electron chi connectivity index (χ4n) is 7.41. The molecule has 3 nitrogen and oxygen atoms in total. The molecule has 0 saturated heterocycles. The van der Waals surface area contributed by atoms with Gasteiger partial charge >= 0.3 is 0 Å².